The van der Waals surface area contributed by atoms with Gasteiger partial charge in [0.25, 0.3) is 0 Å². The molecule has 2 unspecified atom stereocenters. The summed E-state index contributed by atoms with van der Waals surface area (Å²) in [5.74, 6) is 0.544. The van der Waals surface area contributed by atoms with E-state index in [-0.39, 0.29) is 11.6 Å². The third-order valence-electron chi connectivity index (χ3n) is 3.80. The van der Waals surface area contributed by atoms with E-state index in [1.165, 1.54) is 22.0 Å². The van der Waals surface area contributed by atoms with Crippen molar-refractivity contribution in [1.82, 2.24) is 5.32 Å². The first-order valence-electron chi connectivity index (χ1n) is 7.49. The zero-order valence-electron chi connectivity index (χ0n) is 13.0. The Kier molecular flexibility index (Phi) is 5.27. The van der Waals surface area contributed by atoms with E-state index in [0.29, 0.717) is 5.92 Å². The van der Waals surface area contributed by atoms with Crippen molar-refractivity contribution >= 4 is 15.9 Å². The Morgan fingerprint density at radius 1 is 1.35 bits per heavy atom. The van der Waals surface area contributed by atoms with Crippen molar-refractivity contribution < 1.29 is 4.74 Å². The summed E-state index contributed by atoms with van der Waals surface area (Å²) in [6.07, 6.45) is 2.60. The first-order valence-corrected chi connectivity index (χ1v) is 8.29. The Labute approximate surface area is 131 Å². The van der Waals surface area contributed by atoms with Crippen molar-refractivity contribution in [2.24, 2.45) is 5.92 Å². The molecule has 3 heteroatoms. The van der Waals surface area contributed by atoms with E-state index in [9.17, 15) is 0 Å². The molecule has 1 N–H and O–H groups in total. The summed E-state index contributed by atoms with van der Waals surface area (Å²) in [6.45, 7) is 10.6. The zero-order valence-corrected chi connectivity index (χ0v) is 14.6. The van der Waals surface area contributed by atoms with E-state index >= 15 is 0 Å². The van der Waals surface area contributed by atoms with Gasteiger partial charge < -0.3 is 10.1 Å². The van der Waals surface area contributed by atoms with Crippen LogP contribution in [0.4, 0.5) is 0 Å². The second kappa shape index (κ2) is 6.59. The van der Waals surface area contributed by atoms with Gasteiger partial charge in [0, 0.05) is 29.1 Å². The molecule has 0 spiro atoms. The van der Waals surface area contributed by atoms with Crippen LogP contribution in [-0.4, -0.2) is 18.7 Å². The monoisotopic (exact) mass is 339 g/mol. The summed E-state index contributed by atoms with van der Waals surface area (Å²) < 4.78 is 7.26. The van der Waals surface area contributed by atoms with Gasteiger partial charge in [-0.25, -0.2) is 0 Å². The third-order valence-corrected chi connectivity index (χ3v) is 4.49. The van der Waals surface area contributed by atoms with E-state index in [4.69, 9.17) is 4.74 Å². The average Bonchev–Trinajstić information content (AvgIpc) is 2.36. The van der Waals surface area contributed by atoms with Crippen LogP contribution in [-0.2, 0) is 4.74 Å². The fourth-order valence-electron chi connectivity index (χ4n) is 2.70. The lowest BCUT2D eigenvalue weighted by atomic mass is 9.88. The summed E-state index contributed by atoms with van der Waals surface area (Å²) in [6, 6.07) is 6.56. The minimum absolute atomic E-state index is 0.159. The maximum atomic E-state index is 6.09. The molecule has 112 valence electrons. The van der Waals surface area contributed by atoms with Crippen molar-refractivity contribution in [3.05, 3.63) is 33.8 Å². The number of ether oxygens (including phenoxy) is 1. The summed E-state index contributed by atoms with van der Waals surface area (Å²) >= 11 is 3.70. The van der Waals surface area contributed by atoms with Crippen LogP contribution >= 0.6 is 15.9 Å². The Morgan fingerprint density at radius 2 is 2.10 bits per heavy atom. The van der Waals surface area contributed by atoms with Crippen LogP contribution in [0.3, 0.4) is 0 Å². The van der Waals surface area contributed by atoms with Crippen LogP contribution in [0.2, 0.25) is 0 Å². The van der Waals surface area contributed by atoms with Gasteiger partial charge in [0.15, 0.2) is 0 Å². The average molecular weight is 340 g/mol. The molecule has 1 aliphatic rings. The number of nitrogens with one attached hydrogen (secondary N) is 1. The zero-order chi connectivity index (χ0) is 14.8. The molecule has 0 bridgehead atoms. The van der Waals surface area contributed by atoms with Crippen molar-refractivity contribution in [3.8, 4) is 0 Å². The molecular weight excluding hydrogens is 314 g/mol. The second-order valence-corrected chi connectivity index (χ2v) is 7.70. The minimum atomic E-state index is 0.159. The predicted molar refractivity (Wildman–Crippen MR) is 88.1 cm³/mol. The topological polar surface area (TPSA) is 21.3 Å². The molecule has 1 aromatic carbocycles. The largest absolute Gasteiger partial charge is 0.373 e. The highest BCUT2D eigenvalue weighted by Crippen LogP contribution is 2.37. The summed E-state index contributed by atoms with van der Waals surface area (Å²) in [5, 5.41) is 3.63. The van der Waals surface area contributed by atoms with Crippen molar-refractivity contribution in [3.63, 3.8) is 0 Å². The summed E-state index contributed by atoms with van der Waals surface area (Å²) in [7, 11) is 0. The molecule has 20 heavy (non-hydrogen) atoms. The summed E-state index contributed by atoms with van der Waals surface area (Å²) in [5.41, 5.74) is 2.73. The molecular formula is C17H26BrNO. The SMILES string of the molecule is Cc1ccc(C2OCCCC2CNC(C)(C)C)c(Br)c1. The van der Waals surface area contributed by atoms with Gasteiger partial charge in [-0.05, 0) is 57.7 Å². The van der Waals surface area contributed by atoms with Crippen molar-refractivity contribution in [1.29, 1.82) is 0 Å². The van der Waals surface area contributed by atoms with Gasteiger partial charge >= 0.3 is 0 Å². The highest BCUT2D eigenvalue weighted by molar-refractivity contribution is 9.10. The van der Waals surface area contributed by atoms with Crippen LogP contribution < -0.4 is 5.32 Å². The molecule has 0 saturated carbocycles. The van der Waals surface area contributed by atoms with E-state index < -0.39 is 0 Å². The molecule has 0 aromatic heterocycles. The molecule has 1 aliphatic heterocycles. The van der Waals surface area contributed by atoms with Crippen LogP contribution in [0.5, 0.6) is 0 Å². The van der Waals surface area contributed by atoms with Gasteiger partial charge in [0.2, 0.25) is 0 Å². The Hall–Kier alpha value is -0.380. The Balaban J connectivity index is 2.14. The van der Waals surface area contributed by atoms with Crippen LogP contribution in [0.15, 0.2) is 22.7 Å². The quantitative estimate of drug-likeness (QED) is 0.867. The van der Waals surface area contributed by atoms with Gasteiger partial charge in [0.05, 0.1) is 6.10 Å². The second-order valence-electron chi connectivity index (χ2n) is 6.85. The lowest BCUT2D eigenvalue weighted by molar-refractivity contribution is -0.0296. The molecule has 0 amide bonds. The third kappa shape index (κ3) is 4.31. The van der Waals surface area contributed by atoms with E-state index in [0.717, 1.165) is 19.6 Å². The molecule has 1 heterocycles. The molecule has 1 saturated heterocycles. The van der Waals surface area contributed by atoms with E-state index in [2.05, 4.69) is 67.1 Å². The molecule has 0 aliphatic carbocycles. The number of hydrogen-bond acceptors (Lipinski definition) is 2. The summed E-state index contributed by atoms with van der Waals surface area (Å²) in [4.78, 5) is 0. The van der Waals surface area contributed by atoms with Crippen LogP contribution in [0.25, 0.3) is 0 Å². The standard InChI is InChI=1S/C17H26BrNO/c1-12-7-8-14(15(18)10-12)16-13(6-5-9-20-16)11-19-17(2,3)4/h7-8,10,13,16,19H,5-6,9,11H2,1-4H3. The van der Waals surface area contributed by atoms with Crippen LogP contribution in [0, 0.1) is 12.8 Å². The predicted octanol–water partition coefficient (Wildman–Crippen LogP) is 4.61. The lowest BCUT2D eigenvalue weighted by Gasteiger charge is -2.35. The molecule has 1 aromatic rings. The fourth-order valence-corrected chi connectivity index (χ4v) is 3.42. The smallest absolute Gasteiger partial charge is 0.0876 e. The van der Waals surface area contributed by atoms with Crippen LogP contribution in [0.1, 0.15) is 50.8 Å². The minimum Gasteiger partial charge on any atom is -0.373 e. The molecule has 1 fully saturated rings. The van der Waals surface area contributed by atoms with Gasteiger partial charge in [-0.3, -0.25) is 0 Å². The van der Waals surface area contributed by atoms with Gasteiger partial charge in [-0.2, -0.15) is 0 Å². The maximum absolute atomic E-state index is 6.09. The van der Waals surface area contributed by atoms with Gasteiger partial charge in [0.1, 0.15) is 0 Å². The normalized spacial score (nSPS) is 23.9. The number of benzene rings is 1. The van der Waals surface area contributed by atoms with Crippen molar-refractivity contribution in [2.75, 3.05) is 13.2 Å². The molecule has 2 nitrogen and oxygen atoms in total. The van der Waals surface area contributed by atoms with Gasteiger partial charge in [-0.15, -0.1) is 0 Å². The number of halogens is 1. The lowest BCUT2D eigenvalue weighted by Crippen LogP contribution is -2.41. The molecule has 2 atom stereocenters. The number of rotatable bonds is 3. The Bertz CT molecular complexity index is 453. The molecule has 0 radical (unpaired) electrons. The van der Waals surface area contributed by atoms with Gasteiger partial charge in [-0.1, -0.05) is 28.1 Å². The fraction of sp³-hybridized carbons (Fsp3) is 0.647. The number of hydrogen-bond donors (Lipinski definition) is 1. The molecule has 2 rings (SSSR count). The first kappa shape index (κ1) is 16.0. The maximum Gasteiger partial charge on any atom is 0.0876 e. The van der Waals surface area contributed by atoms with E-state index in [1.807, 2.05) is 0 Å². The van der Waals surface area contributed by atoms with Crippen molar-refractivity contribution in [2.45, 2.75) is 52.2 Å². The first-order chi connectivity index (χ1) is 9.37. The Morgan fingerprint density at radius 3 is 2.75 bits per heavy atom. The number of aryl methyl sites for hydroxylation is 1. The highest BCUT2D eigenvalue weighted by Gasteiger charge is 2.29. The van der Waals surface area contributed by atoms with E-state index in [1.54, 1.807) is 0 Å². The highest BCUT2D eigenvalue weighted by atomic mass is 79.9.